The van der Waals surface area contributed by atoms with Gasteiger partial charge in [-0.05, 0) is 73.3 Å². The Labute approximate surface area is 147 Å². The Bertz CT molecular complexity index is 631. The molecule has 2 aromatic rings. The van der Waals surface area contributed by atoms with Crippen LogP contribution in [0.25, 0.3) is 0 Å². The van der Waals surface area contributed by atoms with E-state index >= 15 is 0 Å². The molecule has 128 valence electrons. The van der Waals surface area contributed by atoms with Crippen LogP contribution in [0.5, 0.6) is 0 Å². The van der Waals surface area contributed by atoms with Gasteiger partial charge in [0, 0.05) is 18.8 Å². The minimum atomic E-state index is -0.112. The zero-order chi connectivity index (χ0) is 16.8. The second kappa shape index (κ2) is 8.31. The minimum Gasteiger partial charge on any atom is -0.338 e. The van der Waals surface area contributed by atoms with Crippen molar-refractivity contribution in [3.63, 3.8) is 0 Å². The van der Waals surface area contributed by atoms with Crippen LogP contribution in [0.3, 0.4) is 0 Å². The maximum Gasteiger partial charge on any atom is 0.319 e. The molecule has 4 nitrogen and oxygen atoms in total. The predicted molar refractivity (Wildman–Crippen MR) is 101 cm³/mol. The molecule has 1 aromatic carbocycles. The van der Waals surface area contributed by atoms with E-state index in [9.17, 15) is 4.79 Å². The third-order valence-electron chi connectivity index (χ3n) is 4.55. The van der Waals surface area contributed by atoms with Gasteiger partial charge in [0.2, 0.25) is 0 Å². The third kappa shape index (κ3) is 5.08. The third-order valence-corrected chi connectivity index (χ3v) is 5.29. The van der Waals surface area contributed by atoms with Crippen LogP contribution in [0.15, 0.2) is 41.1 Å². The van der Waals surface area contributed by atoms with Crippen molar-refractivity contribution in [3.05, 3.63) is 52.2 Å². The molecule has 2 heterocycles. The first-order chi connectivity index (χ1) is 11.7. The molecule has 1 aliphatic heterocycles. The number of hydrogen-bond acceptors (Lipinski definition) is 3. The minimum absolute atomic E-state index is 0.112. The lowest BCUT2D eigenvalue weighted by atomic mass is 9.96. The van der Waals surface area contributed by atoms with Gasteiger partial charge in [-0.25, -0.2) is 4.79 Å². The first-order valence-electron chi connectivity index (χ1n) is 8.54. The number of nitrogens with one attached hydrogen (secondary N) is 2. The van der Waals surface area contributed by atoms with Gasteiger partial charge in [0.25, 0.3) is 0 Å². The highest BCUT2D eigenvalue weighted by molar-refractivity contribution is 7.07. The molecule has 0 bridgehead atoms. The van der Waals surface area contributed by atoms with E-state index < -0.39 is 0 Å². The maximum atomic E-state index is 12.0. The molecule has 1 aliphatic rings. The number of anilines is 1. The van der Waals surface area contributed by atoms with Crippen LogP contribution in [0.1, 0.15) is 24.0 Å². The summed E-state index contributed by atoms with van der Waals surface area (Å²) in [6, 6.07) is 9.95. The van der Waals surface area contributed by atoms with Gasteiger partial charge in [0.15, 0.2) is 0 Å². The highest BCUT2D eigenvalue weighted by Gasteiger charge is 2.19. The monoisotopic (exact) mass is 343 g/mol. The molecule has 1 saturated heterocycles. The van der Waals surface area contributed by atoms with Crippen LogP contribution in [0.4, 0.5) is 10.5 Å². The number of benzene rings is 1. The van der Waals surface area contributed by atoms with Gasteiger partial charge in [-0.2, -0.15) is 11.3 Å². The van der Waals surface area contributed by atoms with Crippen LogP contribution in [-0.2, 0) is 6.54 Å². The van der Waals surface area contributed by atoms with Gasteiger partial charge in [-0.1, -0.05) is 17.7 Å². The van der Waals surface area contributed by atoms with Gasteiger partial charge >= 0.3 is 6.03 Å². The Kier molecular flexibility index (Phi) is 5.88. The molecular formula is C19H25N3OS. The molecule has 0 unspecified atom stereocenters. The maximum absolute atomic E-state index is 12.0. The lowest BCUT2D eigenvalue weighted by Gasteiger charge is -2.31. The number of carbonyl (C=O) groups excluding carboxylic acids is 1. The lowest BCUT2D eigenvalue weighted by Crippen LogP contribution is -2.39. The molecule has 24 heavy (non-hydrogen) atoms. The van der Waals surface area contributed by atoms with Crippen molar-refractivity contribution >= 4 is 23.1 Å². The van der Waals surface area contributed by atoms with E-state index in [2.05, 4.69) is 32.4 Å². The molecular weight excluding hydrogens is 318 g/mol. The van der Waals surface area contributed by atoms with E-state index in [1.54, 1.807) is 11.3 Å². The molecule has 2 amide bonds. The number of carbonyl (C=O) groups is 1. The molecule has 0 atom stereocenters. The average Bonchev–Trinajstić information content (AvgIpc) is 3.09. The van der Waals surface area contributed by atoms with Gasteiger partial charge in [0.05, 0.1) is 0 Å². The van der Waals surface area contributed by atoms with Crippen molar-refractivity contribution in [2.75, 3.05) is 25.0 Å². The Morgan fingerprint density at radius 2 is 1.96 bits per heavy atom. The van der Waals surface area contributed by atoms with Crippen molar-refractivity contribution in [1.29, 1.82) is 0 Å². The number of urea groups is 1. The Morgan fingerprint density at radius 3 is 2.62 bits per heavy atom. The molecule has 0 radical (unpaired) electrons. The van der Waals surface area contributed by atoms with Crippen LogP contribution < -0.4 is 10.6 Å². The van der Waals surface area contributed by atoms with Gasteiger partial charge in [-0.15, -0.1) is 0 Å². The summed E-state index contributed by atoms with van der Waals surface area (Å²) in [5, 5.41) is 10.3. The lowest BCUT2D eigenvalue weighted by molar-refractivity contribution is 0.176. The number of aryl methyl sites for hydroxylation is 1. The number of nitrogens with zero attached hydrogens (tertiary/aromatic N) is 1. The smallest absolute Gasteiger partial charge is 0.319 e. The molecule has 1 fully saturated rings. The number of hydrogen-bond donors (Lipinski definition) is 2. The number of likely N-dealkylation sites (tertiary alicyclic amines) is 1. The molecule has 3 rings (SSSR count). The second-order valence-corrected chi connectivity index (χ2v) is 7.33. The van der Waals surface area contributed by atoms with E-state index in [1.807, 2.05) is 31.2 Å². The normalized spacial score (nSPS) is 16.0. The fourth-order valence-electron chi connectivity index (χ4n) is 3.04. The standard InChI is InChI=1S/C19H25N3OS/c1-15-2-4-18(5-3-15)21-19(23)20-12-16-6-9-22(10-7-16)13-17-8-11-24-14-17/h2-5,8,11,14,16H,6-7,9-10,12-13H2,1H3,(H2,20,21,23). The Balaban J connectivity index is 1.35. The molecule has 0 saturated carbocycles. The molecule has 5 heteroatoms. The van der Waals surface area contributed by atoms with E-state index in [0.29, 0.717) is 5.92 Å². The summed E-state index contributed by atoms with van der Waals surface area (Å²) in [4.78, 5) is 14.5. The van der Waals surface area contributed by atoms with Crippen LogP contribution in [0.2, 0.25) is 0 Å². The van der Waals surface area contributed by atoms with Gasteiger partial charge in [-0.3, -0.25) is 4.90 Å². The van der Waals surface area contributed by atoms with E-state index in [1.165, 1.54) is 11.1 Å². The Hall–Kier alpha value is -1.85. The highest BCUT2D eigenvalue weighted by Crippen LogP contribution is 2.19. The summed E-state index contributed by atoms with van der Waals surface area (Å²) in [6.07, 6.45) is 2.30. The zero-order valence-electron chi connectivity index (χ0n) is 14.1. The van der Waals surface area contributed by atoms with Crippen molar-refractivity contribution in [1.82, 2.24) is 10.2 Å². The van der Waals surface area contributed by atoms with Crippen LogP contribution >= 0.6 is 11.3 Å². The predicted octanol–water partition coefficient (Wildman–Crippen LogP) is 4.09. The average molecular weight is 343 g/mol. The summed E-state index contributed by atoms with van der Waals surface area (Å²) >= 11 is 1.76. The van der Waals surface area contributed by atoms with Crippen molar-refractivity contribution in [2.45, 2.75) is 26.3 Å². The van der Waals surface area contributed by atoms with Gasteiger partial charge < -0.3 is 10.6 Å². The van der Waals surface area contributed by atoms with Crippen molar-refractivity contribution < 1.29 is 4.79 Å². The summed E-state index contributed by atoms with van der Waals surface area (Å²) in [7, 11) is 0. The Morgan fingerprint density at radius 1 is 1.21 bits per heavy atom. The van der Waals surface area contributed by atoms with E-state index in [0.717, 1.165) is 44.7 Å². The fourth-order valence-corrected chi connectivity index (χ4v) is 3.70. The quantitative estimate of drug-likeness (QED) is 0.859. The first-order valence-corrected chi connectivity index (χ1v) is 9.48. The van der Waals surface area contributed by atoms with E-state index in [-0.39, 0.29) is 6.03 Å². The number of amides is 2. The highest BCUT2D eigenvalue weighted by atomic mass is 32.1. The summed E-state index contributed by atoms with van der Waals surface area (Å²) in [5.41, 5.74) is 3.44. The van der Waals surface area contributed by atoms with Crippen molar-refractivity contribution in [3.8, 4) is 0 Å². The first kappa shape index (κ1) is 17.0. The van der Waals surface area contributed by atoms with Crippen molar-refractivity contribution in [2.24, 2.45) is 5.92 Å². The number of thiophene rings is 1. The molecule has 0 spiro atoms. The zero-order valence-corrected chi connectivity index (χ0v) is 14.9. The largest absolute Gasteiger partial charge is 0.338 e. The van der Waals surface area contributed by atoms with Crippen LogP contribution in [-0.4, -0.2) is 30.6 Å². The number of piperidine rings is 1. The van der Waals surface area contributed by atoms with Crippen LogP contribution in [0, 0.1) is 12.8 Å². The SMILES string of the molecule is Cc1ccc(NC(=O)NCC2CCN(Cc3ccsc3)CC2)cc1. The second-order valence-electron chi connectivity index (χ2n) is 6.55. The van der Waals surface area contributed by atoms with Gasteiger partial charge in [0.1, 0.15) is 0 Å². The molecule has 0 aliphatic carbocycles. The summed E-state index contributed by atoms with van der Waals surface area (Å²) < 4.78 is 0. The number of rotatable bonds is 5. The van der Waals surface area contributed by atoms with E-state index in [4.69, 9.17) is 0 Å². The topological polar surface area (TPSA) is 44.4 Å². The summed E-state index contributed by atoms with van der Waals surface area (Å²) in [6.45, 7) is 6.07. The fraction of sp³-hybridized carbons (Fsp3) is 0.421. The molecule has 2 N–H and O–H groups in total. The molecule has 1 aromatic heterocycles. The summed E-state index contributed by atoms with van der Waals surface area (Å²) in [5.74, 6) is 0.576.